The number of amides is 4. The van der Waals surface area contributed by atoms with Gasteiger partial charge in [0.25, 0.3) is 0 Å². The third-order valence-electron chi connectivity index (χ3n) is 5.72. The van der Waals surface area contributed by atoms with Crippen molar-refractivity contribution in [2.45, 2.75) is 24.9 Å². The smallest absolute Gasteiger partial charge is 0.330 e. The SMILES string of the molecule is NC(=O)n1cc(NC(=O)N2CCC[C@H]2C(=O)NC(C(=O)O)c2cccc(Cl)c2)c2ccccc21. The molecule has 0 aliphatic carbocycles. The molecule has 0 spiro atoms. The van der Waals surface area contributed by atoms with Crippen LogP contribution in [0.1, 0.15) is 24.4 Å². The molecule has 34 heavy (non-hydrogen) atoms. The van der Waals surface area contributed by atoms with Gasteiger partial charge in [-0.15, -0.1) is 0 Å². The fourth-order valence-electron chi connectivity index (χ4n) is 4.14. The van der Waals surface area contributed by atoms with Crippen LogP contribution in [0, 0.1) is 0 Å². The van der Waals surface area contributed by atoms with E-state index in [1.54, 1.807) is 42.5 Å². The number of carboxylic acids is 1. The Balaban J connectivity index is 1.52. The molecule has 1 aromatic heterocycles. The largest absolute Gasteiger partial charge is 0.479 e. The predicted octanol–water partition coefficient (Wildman–Crippen LogP) is 3.16. The number of carbonyl (C=O) groups excluding carboxylic acids is 3. The average molecular weight is 484 g/mol. The number of hydrogen-bond acceptors (Lipinski definition) is 4. The number of aromatic nitrogens is 1. The zero-order valence-corrected chi connectivity index (χ0v) is 18.7. The Morgan fingerprint density at radius 3 is 2.59 bits per heavy atom. The Morgan fingerprint density at radius 2 is 1.88 bits per heavy atom. The first-order valence-electron chi connectivity index (χ1n) is 10.5. The molecule has 1 unspecified atom stereocenters. The number of fused-ring (bicyclic) bond motifs is 1. The van der Waals surface area contributed by atoms with Crippen molar-refractivity contribution in [3.8, 4) is 0 Å². The van der Waals surface area contributed by atoms with Crippen LogP contribution in [-0.2, 0) is 9.59 Å². The molecule has 0 radical (unpaired) electrons. The Labute approximate surface area is 199 Å². The first kappa shape index (κ1) is 23.1. The second-order valence-corrected chi connectivity index (χ2v) is 8.32. The maximum Gasteiger partial charge on any atom is 0.330 e. The summed E-state index contributed by atoms with van der Waals surface area (Å²) in [4.78, 5) is 51.0. The van der Waals surface area contributed by atoms with Crippen molar-refractivity contribution >= 4 is 52.1 Å². The first-order chi connectivity index (χ1) is 16.3. The lowest BCUT2D eigenvalue weighted by Gasteiger charge is -2.25. The molecule has 2 atom stereocenters. The van der Waals surface area contributed by atoms with E-state index in [1.165, 1.54) is 21.7 Å². The molecule has 1 fully saturated rings. The van der Waals surface area contributed by atoms with E-state index in [2.05, 4.69) is 10.6 Å². The zero-order valence-electron chi connectivity index (χ0n) is 17.9. The minimum atomic E-state index is -1.31. The van der Waals surface area contributed by atoms with Crippen molar-refractivity contribution in [1.29, 1.82) is 0 Å². The number of primary amides is 1. The van der Waals surface area contributed by atoms with Crippen LogP contribution in [0.25, 0.3) is 10.9 Å². The maximum atomic E-state index is 13.1. The predicted molar refractivity (Wildman–Crippen MR) is 126 cm³/mol. The molecule has 0 saturated carbocycles. The van der Waals surface area contributed by atoms with Gasteiger partial charge in [-0.2, -0.15) is 0 Å². The van der Waals surface area contributed by atoms with E-state index < -0.39 is 36.0 Å². The lowest BCUT2D eigenvalue weighted by atomic mass is 10.1. The van der Waals surface area contributed by atoms with Crippen LogP contribution in [0.15, 0.2) is 54.7 Å². The molecular weight excluding hydrogens is 462 g/mol. The lowest BCUT2D eigenvalue weighted by Crippen LogP contribution is -2.49. The molecule has 2 aromatic carbocycles. The van der Waals surface area contributed by atoms with E-state index in [4.69, 9.17) is 17.3 Å². The fraction of sp³-hybridized carbons (Fsp3) is 0.217. The molecule has 1 saturated heterocycles. The minimum absolute atomic E-state index is 0.313. The number of carbonyl (C=O) groups is 4. The molecule has 3 aromatic rings. The van der Waals surface area contributed by atoms with Crippen molar-refractivity contribution < 1.29 is 24.3 Å². The highest BCUT2D eigenvalue weighted by Crippen LogP contribution is 2.27. The van der Waals surface area contributed by atoms with E-state index in [0.717, 1.165) is 0 Å². The van der Waals surface area contributed by atoms with Gasteiger partial charge in [0, 0.05) is 23.2 Å². The van der Waals surface area contributed by atoms with E-state index in [1.807, 2.05) is 0 Å². The quantitative estimate of drug-likeness (QED) is 0.440. The molecule has 10 nitrogen and oxygen atoms in total. The van der Waals surface area contributed by atoms with Gasteiger partial charge in [-0.05, 0) is 36.6 Å². The van der Waals surface area contributed by atoms with Gasteiger partial charge < -0.3 is 26.4 Å². The Kier molecular flexibility index (Phi) is 6.42. The highest BCUT2D eigenvalue weighted by atomic mass is 35.5. The summed E-state index contributed by atoms with van der Waals surface area (Å²) in [6.07, 6.45) is 2.38. The Hall–Kier alpha value is -4.05. The standard InChI is InChI=1S/C23H22ClN5O5/c24-14-6-3-5-13(11-14)19(21(31)32)27-20(30)18-9-4-10-28(18)23(34)26-16-12-29(22(25)33)17-8-2-1-7-15(16)17/h1-3,5-8,11-12,18-19H,4,9-10H2,(H2,25,33)(H,26,34)(H,27,30)(H,31,32)/t18-,19?/m0/s1. The molecule has 11 heteroatoms. The van der Waals surface area contributed by atoms with Crippen LogP contribution >= 0.6 is 11.6 Å². The van der Waals surface area contributed by atoms with E-state index >= 15 is 0 Å². The molecular formula is C23H22ClN5O5. The summed E-state index contributed by atoms with van der Waals surface area (Å²) in [7, 11) is 0. The Bertz CT molecular complexity index is 1290. The third-order valence-corrected chi connectivity index (χ3v) is 5.96. The van der Waals surface area contributed by atoms with Gasteiger partial charge in [-0.25, -0.2) is 14.4 Å². The number of anilines is 1. The van der Waals surface area contributed by atoms with Gasteiger partial charge >= 0.3 is 18.0 Å². The molecule has 0 bridgehead atoms. The maximum absolute atomic E-state index is 13.1. The number of para-hydroxylation sites is 1. The van der Waals surface area contributed by atoms with Crippen molar-refractivity contribution in [1.82, 2.24) is 14.8 Å². The van der Waals surface area contributed by atoms with Crippen LogP contribution in [0.3, 0.4) is 0 Å². The summed E-state index contributed by atoms with van der Waals surface area (Å²) in [5.74, 6) is -1.83. The molecule has 1 aliphatic heterocycles. The van der Waals surface area contributed by atoms with Crippen molar-refractivity contribution in [2.75, 3.05) is 11.9 Å². The van der Waals surface area contributed by atoms with E-state index in [-0.39, 0.29) is 0 Å². The van der Waals surface area contributed by atoms with Crippen LogP contribution in [0.5, 0.6) is 0 Å². The molecule has 1 aliphatic rings. The third kappa shape index (κ3) is 4.53. The normalized spacial score (nSPS) is 16.3. The number of urea groups is 1. The van der Waals surface area contributed by atoms with Crippen LogP contribution in [0.4, 0.5) is 15.3 Å². The number of carboxylic acid groups (broad SMARTS) is 1. The van der Waals surface area contributed by atoms with Gasteiger partial charge in [0.15, 0.2) is 6.04 Å². The molecule has 5 N–H and O–H groups in total. The summed E-state index contributed by atoms with van der Waals surface area (Å²) >= 11 is 5.96. The summed E-state index contributed by atoms with van der Waals surface area (Å²) in [6, 6.07) is 9.75. The highest BCUT2D eigenvalue weighted by molar-refractivity contribution is 6.30. The van der Waals surface area contributed by atoms with Gasteiger partial charge in [0.2, 0.25) is 5.91 Å². The molecule has 4 amide bonds. The van der Waals surface area contributed by atoms with Crippen LogP contribution < -0.4 is 16.4 Å². The van der Waals surface area contributed by atoms with Crippen molar-refractivity contribution in [3.05, 3.63) is 65.3 Å². The summed E-state index contributed by atoms with van der Waals surface area (Å²) in [5.41, 5.74) is 6.65. The van der Waals surface area contributed by atoms with Gasteiger partial charge in [-0.1, -0.05) is 41.9 Å². The molecule has 2 heterocycles. The van der Waals surface area contributed by atoms with Crippen molar-refractivity contribution in [2.24, 2.45) is 5.73 Å². The monoisotopic (exact) mass is 483 g/mol. The Morgan fingerprint density at radius 1 is 1.12 bits per heavy atom. The van der Waals surface area contributed by atoms with Gasteiger partial charge in [0.05, 0.1) is 11.2 Å². The number of halogens is 1. The van der Waals surface area contributed by atoms with E-state index in [9.17, 15) is 24.3 Å². The first-order valence-corrected chi connectivity index (χ1v) is 10.9. The number of benzene rings is 2. The number of rotatable bonds is 5. The van der Waals surface area contributed by atoms with Gasteiger partial charge in [0.1, 0.15) is 6.04 Å². The van der Waals surface area contributed by atoms with Gasteiger partial charge in [-0.3, -0.25) is 9.36 Å². The summed E-state index contributed by atoms with van der Waals surface area (Å²) in [6.45, 7) is 0.313. The number of nitrogens with two attached hydrogens (primary N) is 1. The second kappa shape index (κ2) is 9.44. The number of aliphatic carboxylic acids is 1. The minimum Gasteiger partial charge on any atom is -0.479 e. The zero-order chi connectivity index (χ0) is 24.4. The topological polar surface area (TPSA) is 147 Å². The summed E-state index contributed by atoms with van der Waals surface area (Å²) < 4.78 is 1.22. The summed E-state index contributed by atoms with van der Waals surface area (Å²) in [5, 5.41) is 15.9. The molecule has 176 valence electrons. The second-order valence-electron chi connectivity index (χ2n) is 7.88. The highest BCUT2D eigenvalue weighted by Gasteiger charge is 2.36. The van der Waals surface area contributed by atoms with Crippen molar-refractivity contribution in [3.63, 3.8) is 0 Å². The van der Waals surface area contributed by atoms with Crippen LogP contribution in [0.2, 0.25) is 5.02 Å². The number of hydrogen-bond donors (Lipinski definition) is 4. The number of nitrogens with one attached hydrogen (secondary N) is 2. The number of nitrogens with zero attached hydrogens (tertiary/aromatic N) is 2. The van der Waals surface area contributed by atoms with Crippen LogP contribution in [-0.4, -0.2) is 51.1 Å². The fourth-order valence-corrected chi connectivity index (χ4v) is 4.34. The number of likely N-dealkylation sites (tertiary alicyclic amines) is 1. The average Bonchev–Trinajstić information content (AvgIpc) is 3.43. The molecule has 4 rings (SSSR count). The lowest BCUT2D eigenvalue weighted by molar-refractivity contribution is -0.142. The van der Waals surface area contributed by atoms with E-state index in [0.29, 0.717) is 46.6 Å².